The van der Waals surface area contributed by atoms with Gasteiger partial charge in [0.2, 0.25) is 0 Å². The van der Waals surface area contributed by atoms with Crippen molar-refractivity contribution >= 4 is 18.3 Å². The molecule has 3 rings (SSSR count). The predicted molar refractivity (Wildman–Crippen MR) is 100 cm³/mol. The zero-order valence-corrected chi connectivity index (χ0v) is 15.4. The number of para-hydroxylation sites is 1. The van der Waals surface area contributed by atoms with Crippen molar-refractivity contribution in [2.75, 3.05) is 5.32 Å². The second-order valence-electron chi connectivity index (χ2n) is 7.45. The second-order valence-corrected chi connectivity index (χ2v) is 7.93. The molecule has 1 aliphatic carbocycles. The maximum Gasteiger partial charge on any atom is 0.155 e. The summed E-state index contributed by atoms with van der Waals surface area (Å²) >= 11 is 4.55. The second kappa shape index (κ2) is 7.48. The molecule has 2 fully saturated rings. The number of nitrogens with one attached hydrogen (secondary N) is 1. The summed E-state index contributed by atoms with van der Waals surface area (Å²) in [5, 5.41) is 3.57. The fourth-order valence-corrected chi connectivity index (χ4v) is 4.67. The van der Waals surface area contributed by atoms with Crippen molar-refractivity contribution in [3.8, 4) is 0 Å². The lowest BCUT2D eigenvalue weighted by Gasteiger charge is -2.39. The molecular weight excluding hydrogens is 302 g/mol. The molecule has 0 spiro atoms. The van der Waals surface area contributed by atoms with Gasteiger partial charge in [-0.15, -0.1) is 12.6 Å². The van der Waals surface area contributed by atoms with Gasteiger partial charge in [0.25, 0.3) is 0 Å². The maximum atomic E-state index is 6.16. The third-order valence-corrected chi connectivity index (χ3v) is 6.39. The fourth-order valence-electron chi connectivity index (χ4n) is 4.45. The molecule has 0 radical (unpaired) electrons. The zero-order chi connectivity index (χ0) is 16.3. The van der Waals surface area contributed by atoms with Crippen molar-refractivity contribution < 1.29 is 4.74 Å². The highest BCUT2D eigenvalue weighted by Gasteiger charge is 2.55. The van der Waals surface area contributed by atoms with Crippen LogP contribution in [0, 0.1) is 11.3 Å². The van der Waals surface area contributed by atoms with Crippen LogP contribution in [0.4, 0.5) is 5.69 Å². The van der Waals surface area contributed by atoms with E-state index in [9.17, 15) is 0 Å². The van der Waals surface area contributed by atoms with Gasteiger partial charge < -0.3 is 10.1 Å². The standard InChI is InChI=1S/C20H31NOS/c1-3-15(4-2)14-20(12-8-5-9-13-20)18-19(22-18)21-16-10-6-7-11-17(16)23/h6-7,10-11,15,18-19,21,23H,3-5,8-9,12-14H2,1-2H3. The van der Waals surface area contributed by atoms with E-state index in [0.717, 1.165) is 16.5 Å². The van der Waals surface area contributed by atoms with Gasteiger partial charge in [-0.2, -0.15) is 0 Å². The molecule has 1 saturated carbocycles. The van der Waals surface area contributed by atoms with E-state index >= 15 is 0 Å². The van der Waals surface area contributed by atoms with E-state index in [0.29, 0.717) is 11.5 Å². The van der Waals surface area contributed by atoms with Crippen molar-refractivity contribution in [3.05, 3.63) is 24.3 Å². The Kier molecular flexibility index (Phi) is 5.58. The normalized spacial score (nSPS) is 26.3. The van der Waals surface area contributed by atoms with Crippen LogP contribution in [0.25, 0.3) is 0 Å². The van der Waals surface area contributed by atoms with Gasteiger partial charge in [0.05, 0.1) is 0 Å². The van der Waals surface area contributed by atoms with Gasteiger partial charge in [-0.1, -0.05) is 58.1 Å². The molecule has 1 aliphatic heterocycles. The number of hydrogen-bond donors (Lipinski definition) is 2. The molecule has 1 aromatic rings. The minimum absolute atomic E-state index is 0.177. The maximum absolute atomic E-state index is 6.16. The van der Waals surface area contributed by atoms with Gasteiger partial charge in [0, 0.05) is 16.0 Å². The smallest absolute Gasteiger partial charge is 0.155 e. The van der Waals surface area contributed by atoms with Crippen LogP contribution < -0.4 is 5.32 Å². The van der Waals surface area contributed by atoms with Crippen LogP contribution in [0.2, 0.25) is 0 Å². The topological polar surface area (TPSA) is 24.6 Å². The Morgan fingerprint density at radius 1 is 1.17 bits per heavy atom. The molecule has 0 bridgehead atoms. The summed E-state index contributed by atoms with van der Waals surface area (Å²) in [4.78, 5) is 0.999. The summed E-state index contributed by atoms with van der Waals surface area (Å²) in [6, 6.07) is 8.20. The lowest BCUT2D eigenvalue weighted by atomic mass is 9.66. The number of hydrogen-bond acceptors (Lipinski definition) is 3. The summed E-state index contributed by atoms with van der Waals surface area (Å²) in [6.07, 6.45) is 11.3. The van der Waals surface area contributed by atoms with Crippen LogP contribution >= 0.6 is 12.6 Å². The molecule has 0 aromatic heterocycles. The SMILES string of the molecule is CCC(CC)CC1(C2OC2Nc2ccccc2S)CCCCC1. The van der Waals surface area contributed by atoms with Gasteiger partial charge in [0.1, 0.15) is 6.10 Å². The van der Waals surface area contributed by atoms with Crippen LogP contribution in [-0.4, -0.2) is 12.3 Å². The van der Waals surface area contributed by atoms with E-state index in [-0.39, 0.29) is 6.23 Å². The zero-order valence-electron chi connectivity index (χ0n) is 14.6. The third kappa shape index (κ3) is 3.88. The van der Waals surface area contributed by atoms with E-state index < -0.39 is 0 Å². The first kappa shape index (κ1) is 17.2. The molecule has 2 nitrogen and oxygen atoms in total. The quantitative estimate of drug-likeness (QED) is 0.480. The minimum Gasteiger partial charge on any atom is -0.357 e. The highest BCUT2D eigenvalue weighted by atomic mass is 32.1. The van der Waals surface area contributed by atoms with Crippen molar-refractivity contribution in [2.45, 2.75) is 82.4 Å². The Labute approximate surface area is 146 Å². The number of anilines is 1. The van der Waals surface area contributed by atoms with Gasteiger partial charge in [0.15, 0.2) is 6.23 Å². The van der Waals surface area contributed by atoms with E-state index in [1.165, 1.54) is 51.4 Å². The van der Waals surface area contributed by atoms with Crippen molar-refractivity contribution in [2.24, 2.45) is 11.3 Å². The average Bonchev–Trinajstić information content (AvgIpc) is 3.36. The van der Waals surface area contributed by atoms with Gasteiger partial charge >= 0.3 is 0 Å². The Morgan fingerprint density at radius 2 is 1.87 bits per heavy atom. The Hall–Kier alpha value is -0.670. The van der Waals surface area contributed by atoms with Crippen molar-refractivity contribution in [1.29, 1.82) is 0 Å². The van der Waals surface area contributed by atoms with Gasteiger partial charge in [-0.05, 0) is 37.3 Å². The minimum atomic E-state index is 0.177. The number of epoxide rings is 1. The summed E-state index contributed by atoms with van der Waals surface area (Å²) < 4.78 is 6.16. The Bertz CT molecular complexity index is 508. The molecule has 1 saturated heterocycles. The molecule has 1 aromatic carbocycles. The molecule has 2 aliphatic rings. The van der Waals surface area contributed by atoms with Crippen LogP contribution in [0.1, 0.15) is 65.2 Å². The number of rotatable bonds is 7. The number of thiol groups is 1. The first-order valence-corrected chi connectivity index (χ1v) is 9.83. The molecule has 128 valence electrons. The monoisotopic (exact) mass is 333 g/mol. The largest absolute Gasteiger partial charge is 0.357 e. The van der Waals surface area contributed by atoms with Crippen LogP contribution in [0.5, 0.6) is 0 Å². The fraction of sp³-hybridized carbons (Fsp3) is 0.700. The first-order valence-electron chi connectivity index (χ1n) is 9.38. The lowest BCUT2D eigenvalue weighted by Crippen LogP contribution is -2.34. The predicted octanol–water partition coefficient (Wildman–Crippen LogP) is 5.89. The Morgan fingerprint density at radius 3 is 2.52 bits per heavy atom. The lowest BCUT2D eigenvalue weighted by molar-refractivity contribution is 0.0941. The molecule has 1 N–H and O–H groups in total. The molecule has 1 heterocycles. The van der Waals surface area contributed by atoms with E-state index in [1.54, 1.807) is 0 Å². The highest BCUT2D eigenvalue weighted by Crippen LogP contribution is 2.53. The van der Waals surface area contributed by atoms with Crippen LogP contribution in [0.3, 0.4) is 0 Å². The third-order valence-electron chi connectivity index (χ3n) is 6.00. The molecule has 2 atom stereocenters. The summed E-state index contributed by atoms with van der Waals surface area (Å²) in [5.74, 6) is 0.843. The number of ether oxygens (including phenoxy) is 1. The molecule has 2 unspecified atom stereocenters. The van der Waals surface area contributed by atoms with Crippen molar-refractivity contribution in [1.82, 2.24) is 0 Å². The summed E-state index contributed by atoms with van der Waals surface area (Å²) in [5.41, 5.74) is 1.50. The molecule has 0 amide bonds. The van der Waals surface area contributed by atoms with E-state index in [2.05, 4.69) is 43.9 Å². The summed E-state index contributed by atoms with van der Waals surface area (Å²) in [6.45, 7) is 4.68. The molecule has 3 heteroatoms. The van der Waals surface area contributed by atoms with Crippen LogP contribution in [0.15, 0.2) is 29.2 Å². The van der Waals surface area contributed by atoms with Crippen molar-refractivity contribution in [3.63, 3.8) is 0 Å². The molecular formula is C20H31NOS. The average molecular weight is 334 g/mol. The van der Waals surface area contributed by atoms with Gasteiger partial charge in [-0.3, -0.25) is 0 Å². The number of benzene rings is 1. The molecule has 23 heavy (non-hydrogen) atoms. The Balaban J connectivity index is 1.68. The van der Waals surface area contributed by atoms with Gasteiger partial charge in [-0.25, -0.2) is 0 Å². The highest BCUT2D eigenvalue weighted by molar-refractivity contribution is 7.80. The first-order chi connectivity index (χ1) is 11.2. The summed E-state index contributed by atoms with van der Waals surface area (Å²) in [7, 11) is 0. The van der Waals surface area contributed by atoms with Crippen LogP contribution in [-0.2, 0) is 4.74 Å². The van der Waals surface area contributed by atoms with E-state index in [4.69, 9.17) is 4.74 Å². The van der Waals surface area contributed by atoms with E-state index in [1.807, 2.05) is 12.1 Å².